The van der Waals surface area contributed by atoms with E-state index >= 15 is 0 Å². The zero-order valence-electron chi connectivity index (χ0n) is 21.8. The fraction of sp³-hybridized carbons (Fsp3) is 0.444. The first-order chi connectivity index (χ1) is 17.2. The Balaban J connectivity index is 1.95. The van der Waals surface area contributed by atoms with E-state index in [4.69, 9.17) is 0 Å². The second-order valence-electron chi connectivity index (χ2n) is 10.0. The molecule has 0 saturated carbocycles. The van der Waals surface area contributed by atoms with Crippen LogP contribution in [0.2, 0.25) is 0 Å². The Bertz CT molecular complexity index is 1110. The molecule has 0 radical (unpaired) electrons. The summed E-state index contributed by atoms with van der Waals surface area (Å²) >= 11 is 0. The number of hydrogen-bond acceptors (Lipinski definition) is 4. The lowest BCUT2D eigenvalue weighted by molar-refractivity contribution is -0.137. The number of rotatable bonds is 10. The maximum Gasteiger partial charge on any atom is 0.416 e. The van der Waals surface area contributed by atoms with Gasteiger partial charge in [0.25, 0.3) is 5.91 Å². The number of benzene rings is 2. The molecule has 202 valence electrons. The van der Waals surface area contributed by atoms with Gasteiger partial charge in [0.2, 0.25) is 11.8 Å². The molecule has 10 heteroatoms. The third-order valence-electron chi connectivity index (χ3n) is 5.43. The molecule has 0 aliphatic rings. The van der Waals surface area contributed by atoms with E-state index < -0.39 is 47.6 Å². The van der Waals surface area contributed by atoms with E-state index in [1.165, 1.54) is 22.8 Å². The Morgan fingerprint density at radius 2 is 1.68 bits per heavy atom. The SMILES string of the molecule is Cc1ccc(CCNCC(NC(=O)CNC(=O)c2cccc(C(F)(F)F)c2)C(=O)NC(C)(C)C)c(C)c1. The molecule has 2 aromatic rings. The van der Waals surface area contributed by atoms with Crippen LogP contribution in [0.1, 0.15) is 53.4 Å². The molecule has 0 saturated heterocycles. The van der Waals surface area contributed by atoms with Crippen LogP contribution in [-0.2, 0) is 22.2 Å². The monoisotopic (exact) mass is 520 g/mol. The average molecular weight is 521 g/mol. The molecule has 0 aliphatic heterocycles. The highest BCUT2D eigenvalue weighted by Crippen LogP contribution is 2.29. The second-order valence-corrected chi connectivity index (χ2v) is 10.0. The van der Waals surface area contributed by atoms with Crippen LogP contribution in [0.3, 0.4) is 0 Å². The van der Waals surface area contributed by atoms with Crippen molar-refractivity contribution in [1.29, 1.82) is 0 Å². The molecule has 0 spiro atoms. The predicted molar refractivity (Wildman–Crippen MR) is 136 cm³/mol. The number of nitrogens with one attached hydrogen (secondary N) is 4. The molecular weight excluding hydrogens is 485 g/mol. The summed E-state index contributed by atoms with van der Waals surface area (Å²) in [6.45, 7) is 9.72. The quantitative estimate of drug-likeness (QED) is 0.362. The van der Waals surface area contributed by atoms with Crippen molar-refractivity contribution in [3.05, 3.63) is 70.3 Å². The summed E-state index contributed by atoms with van der Waals surface area (Å²) in [5.41, 5.74) is 1.81. The van der Waals surface area contributed by atoms with E-state index in [1.54, 1.807) is 0 Å². The highest BCUT2D eigenvalue weighted by molar-refractivity contribution is 5.97. The van der Waals surface area contributed by atoms with Crippen molar-refractivity contribution in [1.82, 2.24) is 21.3 Å². The highest BCUT2D eigenvalue weighted by atomic mass is 19.4. The van der Waals surface area contributed by atoms with Gasteiger partial charge in [-0.3, -0.25) is 14.4 Å². The standard InChI is InChI=1S/C27H35F3N4O3/c1-17-9-10-19(18(2)13-17)11-12-31-15-22(25(37)34-26(3,4)5)33-23(35)16-32-24(36)20-7-6-8-21(14-20)27(28,29)30/h6-10,13-14,22,31H,11-12,15-16H2,1-5H3,(H,32,36)(H,33,35)(H,34,37). The van der Waals surface area contributed by atoms with Gasteiger partial charge in [-0.2, -0.15) is 13.2 Å². The van der Waals surface area contributed by atoms with Gasteiger partial charge in [-0.15, -0.1) is 0 Å². The summed E-state index contributed by atoms with van der Waals surface area (Å²) < 4.78 is 38.7. The van der Waals surface area contributed by atoms with E-state index in [2.05, 4.69) is 33.4 Å². The molecule has 37 heavy (non-hydrogen) atoms. The number of amides is 3. The minimum Gasteiger partial charge on any atom is -0.350 e. The van der Waals surface area contributed by atoms with Gasteiger partial charge >= 0.3 is 6.18 Å². The molecule has 0 aromatic heterocycles. The second kappa shape index (κ2) is 12.7. The molecule has 4 N–H and O–H groups in total. The highest BCUT2D eigenvalue weighted by Gasteiger charge is 2.31. The normalized spacial score (nSPS) is 12.5. The molecular formula is C27H35F3N4O3. The molecule has 1 unspecified atom stereocenters. The van der Waals surface area contributed by atoms with Crippen molar-refractivity contribution in [2.45, 2.75) is 58.8 Å². The van der Waals surface area contributed by atoms with Crippen LogP contribution in [0.4, 0.5) is 13.2 Å². The molecule has 0 heterocycles. The number of aryl methyl sites for hydroxylation is 2. The fourth-order valence-electron chi connectivity index (χ4n) is 3.61. The molecule has 0 fully saturated rings. The number of carbonyl (C=O) groups is 3. The van der Waals surface area contributed by atoms with E-state index in [9.17, 15) is 27.6 Å². The molecule has 3 amide bonds. The van der Waals surface area contributed by atoms with Gasteiger partial charge in [0.05, 0.1) is 12.1 Å². The van der Waals surface area contributed by atoms with Gasteiger partial charge in [-0.1, -0.05) is 29.8 Å². The molecule has 0 bridgehead atoms. The number of alkyl halides is 3. The summed E-state index contributed by atoms with van der Waals surface area (Å²) in [7, 11) is 0. The first-order valence-electron chi connectivity index (χ1n) is 12.0. The van der Waals surface area contributed by atoms with Gasteiger partial charge in [0.15, 0.2) is 0 Å². The van der Waals surface area contributed by atoms with Crippen LogP contribution in [0.5, 0.6) is 0 Å². The van der Waals surface area contributed by atoms with Crippen LogP contribution in [-0.4, -0.2) is 48.9 Å². The maximum absolute atomic E-state index is 12.9. The number of halogens is 3. The Morgan fingerprint density at radius 3 is 2.30 bits per heavy atom. The summed E-state index contributed by atoms with van der Waals surface area (Å²) in [4.78, 5) is 37.6. The number of carbonyl (C=O) groups excluding carboxylic acids is 3. The zero-order valence-corrected chi connectivity index (χ0v) is 21.8. The summed E-state index contributed by atoms with van der Waals surface area (Å²) in [5.74, 6) is -1.88. The van der Waals surface area contributed by atoms with Crippen LogP contribution in [0, 0.1) is 13.8 Å². The Kier molecular flexibility index (Phi) is 10.2. The molecule has 2 aromatic carbocycles. The summed E-state index contributed by atoms with van der Waals surface area (Å²) in [6, 6.07) is 9.19. The molecule has 0 aliphatic carbocycles. The largest absolute Gasteiger partial charge is 0.416 e. The average Bonchev–Trinajstić information content (AvgIpc) is 2.79. The number of hydrogen-bond donors (Lipinski definition) is 4. The first kappa shape index (κ1) is 29.8. The van der Waals surface area contributed by atoms with Crippen LogP contribution < -0.4 is 21.3 Å². The Labute approximate surface area is 215 Å². The smallest absolute Gasteiger partial charge is 0.350 e. The summed E-state index contributed by atoms with van der Waals surface area (Å²) in [6.07, 6.45) is -3.85. The van der Waals surface area contributed by atoms with Gasteiger partial charge in [0, 0.05) is 17.6 Å². The van der Waals surface area contributed by atoms with Crippen molar-refractivity contribution in [3.63, 3.8) is 0 Å². The third-order valence-corrected chi connectivity index (χ3v) is 5.43. The molecule has 1 atom stereocenters. The Morgan fingerprint density at radius 1 is 0.973 bits per heavy atom. The van der Waals surface area contributed by atoms with E-state index in [-0.39, 0.29) is 12.1 Å². The maximum atomic E-state index is 12.9. The molecule has 2 rings (SSSR count). The van der Waals surface area contributed by atoms with Crippen molar-refractivity contribution in [3.8, 4) is 0 Å². The topological polar surface area (TPSA) is 99.3 Å². The van der Waals surface area contributed by atoms with Crippen molar-refractivity contribution in [2.75, 3.05) is 19.6 Å². The predicted octanol–water partition coefficient (Wildman–Crippen LogP) is 3.28. The van der Waals surface area contributed by atoms with Crippen molar-refractivity contribution >= 4 is 17.7 Å². The van der Waals surface area contributed by atoms with Gasteiger partial charge in [-0.05, 0) is 76.9 Å². The van der Waals surface area contributed by atoms with Gasteiger partial charge in [-0.25, -0.2) is 0 Å². The van der Waals surface area contributed by atoms with E-state index in [1.807, 2.05) is 40.7 Å². The zero-order chi connectivity index (χ0) is 27.8. The lowest BCUT2D eigenvalue weighted by Gasteiger charge is -2.26. The fourth-order valence-corrected chi connectivity index (χ4v) is 3.61. The first-order valence-corrected chi connectivity index (χ1v) is 12.0. The lowest BCUT2D eigenvalue weighted by atomic mass is 10.0. The van der Waals surface area contributed by atoms with Crippen molar-refractivity contribution in [2.24, 2.45) is 0 Å². The van der Waals surface area contributed by atoms with E-state index in [0.29, 0.717) is 12.6 Å². The lowest BCUT2D eigenvalue weighted by Crippen LogP contribution is -2.57. The third kappa shape index (κ3) is 10.2. The molecule has 7 nitrogen and oxygen atoms in total. The van der Waals surface area contributed by atoms with E-state index in [0.717, 1.165) is 18.6 Å². The summed E-state index contributed by atoms with van der Waals surface area (Å²) in [5, 5.41) is 10.9. The van der Waals surface area contributed by atoms with Gasteiger partial charge < -0.3 is 21.3 Å². The van der Waals surface area contributed by atoms with Crippen LogP contribution in [0.15, 0.2) is 42.5 Å². The van der Waals surface area contributed by atoms with Crippen LogP contribution in [0.25, 0.3) is 0 Å². The van der Waals surface area contributed by atoms with Crippen LogP contribution >= 0.6 is 0 Å². The van der Waals surface area contributed by atoms with Gasteiger partial charge in [0.1, 0.15) is 6.04 Å². The Hall–Kier alpha value is -3.40. The van der Waals surface area contributed by atoms with Crippen molar-refractivity contribution < 1.29 is 27.6 Å². The minimum atomic E-state index is -4.59. The minimum absolute atomic E-state index is 0.153.